The molecule has 7 nitrogen and oxygen atoms in total. The summed E-state index contributed by atoms with van der Waals surface area (Å²) in [6.45, 7) is 6.39. The number of nitrogens with zero attached hydrogens (tertiary/aromatic N) is 2. The number of hydrogen-bond acceptors (Lipinski definition) is 5. The SMILES string of the molecule is CCN(CC)S(=O)(=O)c1ccc(CNC(=O)c2c(-c3ccccc3)noc2C)cc1. The summed E-state index contributed by atoms with van der Waals surface area (Å²) in [5, 5.41) is 6.88. The molecule has 0 saturated carbocycles. The van der Waals surface area contributed by atoms with E-state index in [1.165, 1.54) is 4.31 Å². The highest BCUT2D eigenvalue weighted by Crippen LogP contribution is 2.25. The second-order valence-electron chi connectivity index (χ2n) is 6.74. The standard InChI is InChI=1S/C22H25N3O4S/c1-4-25(5-2)30(27,28)19-13-11-17(12-14-19)15-23-22(26)20-16(3)29-24-21(20)18-9-7-6-8-10-18/h6-14H,4-5,15H2,1-3H3,(H,23,26). The first kappa shape index (κ1) is 21.7. The number of benzene rings is 2. The fourth-order valence-electron chi connectivity index (χ4n) is 3.20. The van der Waals surface area contributed by atoms with E-state index in [4.69, 9.17) is 4.52 Å². The van der Waals surface area contributed by atoms with Gasteiger partial charge in [-0.1, -0.05) is 61.5 Å². The van der Waals surface area contributed by atoms with Crippen LogP contribution in [0.4, 0.5) is 0 Å². The molecular formula is C22H25N3O4S. The largest absolute Gasteiger partial charge is 0.360 e. The van der Waals surface area contributed by atoms with E-state index in [1.54, 1.807) is 45.0 Å². The van der Waals surface area contributed by atoms with Crippen molar-refractivity contribution in [3.8, 4) is 11.3 Å². The molecule has 1 aromatic heterocycles. The first-order valence-electron chi connectivity index (χ1n) is 9.77. The van der Waals surface area contributed by atoms with Crippen LogP contribution in [-0.2, 0) is 16.6 Å². The second-order valence-corrected chi connectivity index (χ2v) is 8.68. The lowest BCUT2D eigenvalue weighted by molar-refractivity contribution is 0.0950. The van der Waals surface area contributed by atoms with Crippen molar-refractivity contribution in [3.63, 3.8) is 0 Å². The van der Waals surface area contributed by atoms with Gasteiger partial charge in [-0.25, -0.2) is 8.42 Å². The van der Waals surface area contributed by atoms with Crippen LogP contribution in [0, 0.1) is 6.92 Å². The summed E-state index contributed by atoms with van der Waals surface area (Å²) in [5.41, 5.74) is 2.47. The number of rotatable bonds is 8. The van der Waals surface area contributed by atoms with Gasteiger partial charge in [0.25, 0.3) is 5.91 Å². The first-order valence-corrected chi connectivity index (χ1v) is 11.2. The van der Waals surface area contributed by atoms with E-state index in [2.05, 4.69) is 10.5 Å². The van der Waals surface area contributed by atoms with Gasteiger partial charge in [0.05, 0.1) is 4.90 Å². The zero-order valence-electron chi connectivity index (χ0n) is 17.3. The smallest absolute Gasteiger partial charge is 0.257 e. The molecule has 1 N–H and O–H groups in total. The van der Waals surface area contributed by atoms with Gasteiger partial charge in [-0.2, -0.15) is 4.31 Å². The fourth-order valence-corrected chi connectivity index (χ4v) is 4.65. The van der Waals surface area contributed by atoms with Gasteiger partial charge in [0.15, 0.2) is 0 Å². The number of nitrogens with one attached hydrogen (secondary N) is 1. The molecule has 0 saturated heterocycles. The molecule has 158 valence electrons. The van der Waals surface area contributed by atoms with Gasteiger partial charge in [-0.3, -0.25) is 4.79 Å². The molecular weight excluding hydrogens is 402 g/mol. The molecule has 3 aromatic rings. The van der Waals surface area contributed by atoms with Gasteiger partial charge in [0.2, 0.25) is 10.0 Å². The topological polar surface area (TPSA) is 92.5 Å². The maximum Gasteiger partial charge on any atom is 0.257 e. The molecule has 0 aliphatic carbocycles. The Morgan fingerprint density at radius 3 is 2.27 bits per heavy atom. The average Bonchev–Trinajstić information content (AvgIpc) is 3.15. The zero-order valence-corrected chi connectivity index (χ0v) is 18.1. The summed E-state index contributed by atoms with van der Waals surface area (Å²) in [4.78, 5) is 13.0. The van der Waals surface area contributed by atoms with E-state index in [-0.39, 0.29) is 17.3 Å². The zero-order chi connectivity index (χ0) is 21.7. The van der Waals surface area contributed by atoms with E-state index in [9.17, 15) is 13.2 Å². The fraction of sp³-hybridized carbons (Fsp3) is 0.273. The number of aryl methyl sites for hydroxylation is 1. The monoisotopic (exact) mass is 427 g/mol. The van der Waals surface area contributed by atoms with E-state index in [0.29, 0.717) is 30.1 Å². The summed E-state index contributed by atoms with van der Waals surface area (Å²) in [6, 6.07) is 15.9. The quantitative estimate of drug-likeness (QED) is 0.593. The predicted octanol–water partition coefficient (Wildman–Crippen LogP) is 3.61. The number of aromatic nitrogens is 1. The average molecular weight is 428 g/mol. The third-order valence-electron chi connectivity index (χ3n) is 4.86. The van der Waals surface area contributed by atoms with Gasteiger partial charge in [-0.05, 0) is 24.6 Å². The minimum absolute atomic E-state index is 0.238. The number of hydrogen-bond donors (Lipinski definition) is 1. The van der Waals surface area contributed by atoms with Crippen molar-refractivity contribution in [2.45, 2.75) is 32.2 Å². The molecule has 0 fully saturated rings. The molecule has 8 heteroatoms. The van der Waals surface area contributed by atoms with Crippen molar-refractivity contribution in [3.05, 3.63) is 71.5 Å². The van der Waals surface area contributed by atoms with Crippen molar-refractivity contribution in [1.29, 1.82) is 0 Å². The minimum atomic E-state index is -3.50. The van der Waals surface area contributed by atoms with Crippen LogP contribution >= 0.6 is 0 Å². The molecule has 1 heterocycles. The Labute approximate surface area is 176 Å². The van der Waals surface area contributed by atoms with Gasteiger partial charge in [0, 0.05) is 25.2 Å². The van der Waals surface area contributed by atoms with E-state index < -0.39 is 10.0 Å². The first-order chi connectivity index (χ1) is 14.4. The number of amides is 1. The van der Waals surface area contributed by atoms with Gasteiger partial charge >= 0.3 is 0 Å². The lowest BCUT2D eigenvalue weighted by atomic mass is 10.1. The normalized spacial score (nSPS) is 11.6. The number of carbonyl (C=O) groups is 1. The molecule has 2 aromatic carbocycles. The van der Waals surface area contributed by atoms with Gasteiger partial charge in [0.1, 0.15) is 17.0 Å². The third-order valence-corrected chi connectivity index (χ3v) is 6.92. The summed E-state index contributed by atoms with van der Waals surface area (Å²) < 4.78 is 31.8. The molecule has 30 heavy (non-hydrogen) atoms. The molecule has 3 rings (SSSR count). The van der Waals surface area contributed by atoms with Crippen molar-refractivity contribution in [1.82, 2.24) is 14.8 Å². The van der Waals surface area contributed by atoms with Crippen LogP contribution in [0.1, 0.15) is 35.5 Å². The van der Waals surface area contributed by atoms with Crippen molar-refractivity contribution >= 4 is 15.9 Å². The number of sulfonamides is 1. The van der Waals surface area contributed by atoms with Crippen LogP contribution in [-0.4, -0.2) is 36.9 Å². The lowest BCUT2D eigenvalue weighted by Gasteiger charge is -2.18. The Hall–Kier alpha value is -2.97. The summed E-state index contributed by atoms with van der Waals surface area (Å²) in [7, 11) is -3.50. The van der Waals surface area contributed by atoms with Crippen LogP contribution in [0.5, 0.6) is 0 Å². The summed E-state index contributed by atoms with van der Waals surface area (Å²) in [6.07, 6.45) is 0. The molecule has 0 bridgehead atoms. The Morgan fingerprint density at radius 1 is 1.03 bits per heavy atom. The highest BCUT2D eigenvalue weighted by molar-refractivity contribution is 7.89. The van der Waals surface area contributed by atoms with E-state index in [0.717, 1.165) is 11.1 Å². The molecule has 1 amide bonds. The highest BCUT2D eigenvalue weighted by atomic mass is 32.2. The second kappa shape index (κ2) is 9.23. The van der Waals surface area contributed by atoms with Crippen LogP contribution in [0.15, 0.2) is 64.0 Å². The number of carbonyl (C=O) groups excluding carboxylic acids is 1. The minimum Gasteiger partial charge on any atom is -0.360 e. The Kier molecular flexibility index (Phi) is 6.69. The molecule has 0 unspecified atom stereocenters. The highest BCUT2D eigenvalue weighted by Gasteiger charge is 2.22. The van der Waals surface area contributed by atoms with E-state index >= 15 is 0 Å². The van der Waals surface area contributed by atoms with Crippen molar-refractivity contribution < 1.29 is 17.7 Å². The molecule has 0 atom stereocenters. The summed E-state index contributed by atoms with van der Waals surface area (Å²) in [5.74, 6) is 0.138. The van der Waals surface area contributed by atoms with Crippen LogP contribution in [0.3, 0.4) is 0 Å². The van der Waals surface area contributed by atoms with Crippen LogP contribution in [0.2, 0.25) is 0 Å². The van der Waals surface area contributed by atoms with Gasteiger partial charge in [-0.15, -0.1) is 0 Å². The van der Waals surface area contributed by atoms with Crippen LogP contribution in [0.25, 0.3) is 11.3 Å². The Balaban J connectivity index is 1.73. The molecule has 0 aliphatic heterocycles. The maximum atomic E-state index is 12.8. The summed E-state index contributed by atoms with van der Waals surface area (Å²) >= 11 is 0. The third kappa shape index (κ3) is 4.44. The Morgan fingerprint density at radius 2 is 1.67 bits per heavy atom. The Bertz CT molecular complexity index is 1100. The maximum absolute atomic E-state index is 12.8. The van der Waals surface area contributed by atoms with Gasteiger partial charge < -0.3 is 9.84 Å². The molecule has 0 aliphatic rings. The van der Waals surface area contributed by atoms with E-state index in [1.807, 2.05) is 30.3 Å². The lowest BCUT2D eigenvalue weighted by Crippen LogP contribution is -2.30. The molecule has 0 radical (unpaired) electrons. The van der Waals surface area contributed by atoms with Crippen molar-refractivity contribution in [2.24, 2.45) is 0 Å². The van der Waals surface area contributed by atoms with Crippen LogP contribution < -0.4 is 5.32 Å². The molecule has 0 spiro atoms. The predicted molar refractivity (Wildman–Crippen MR) is 114 cm³/mol. The van der Waals surface area contributed by atoms with Crippen molar-refractivity contribution in [2.75, 3.05) is 13.1 Å².